The molecule has 0 amide bonds. The Hall–Kier alpha value is -2.33. The van der Waals surface area contributed by atoms with Gasteiger partial charge in [-0.2, -0.15) is 0 Å². The second-order valence-corrected chi connectivity index (χ2v) is 9.79. The molecule has 2 aromatic rings. The number of carboxylic acids is 2. The van der Waals surface area contributed by atoms with E-state index in [1.165, 1.54) is 20.9 Å². The van der Waals surface area contributed by atoms with Crippen molar-refractivity contribution in [1.82, 2.24) is 9.80 Å². The molecule has 0 bridgehead atoms. The summed E-state index contributed by atoms with van der Waals surface area (Å²) in [6, 6.07) is 12.4. The van der Waals surface area contributed by atoms with Crippen molar-refractivity contribution in [1.29, 1.82) is 0 Å². The topological polar surface area (TPSA) is 81.1 Å². The van der Waals surface area contributed by atoms with Crippen LogP contribution in [-0.2, 0) is 16.0 Å². The molecule has 33 heavy (non-hydrogen) atoms. The van der Waals surface area contributed by atoms with E-state index in [4.69, 9.17) is 10.2 Å². The molecule has 2 heterocycles. The van der Waals surface area contributed by atoms with E-state index in [-0.39, 0.29) is 5.82 Å². The van der Waals surface area contributed by atoms with Gasteiger partial charge < -0.3 is 15.1 Å². The first-order valence-corrected chi connectivity index (χ1v) is 12.5. The maximum absolute atomic E-state index is 13.8. The molecule has 2 aliphatic heterocycles. The summed E-state index contributed by atoms with van der Waals surface area (Å²) in [5, 5.41) is 15.6. The quantitative estimate of drug-likeness (QED) is 0.486. The van der Waals surface area contributed by atoms with Crippen LogP contribution in [0, 0.1) is 5.82 Å². The summed E-state index contributed by atoms with van der Waals surface area (Å²) in [5.41, 5.74) is 2.66. The number of likely N-dealkylation sites (N-methyl/N-ethyl adjacent to an activating group) is 1. The number of halogens is 1. The molecule has 0 aliphatic carbocycles. The zero-order chi connectivity index (χ0) is 24.0. The van der Waals surface area contributed by atoms with Crippen molar-refractivity contribution in [2.45, 2.75) is 27.1 Å². The number of hydrogen-bond donors (Lipinski definition) is 2. The molecule has 9 heteroatoms. The highest BCUT2D eigenvalue weighted by Gasteiger charge is 2.29. The minimum absolute atomic E-state index is 0.147. The molecule has 0 radical (unpaired) electrons. The molecule has 2 aromatic carbocycles. The predicted octanol–water partition coefficient (Wildman–Crippen LogP) is 4.26. The largest absolute Gasteiger partial charge is 0.478 e. The van der Waals surface area contributed by atoms with Gasteiger partial charge in [0.05, 0.1) is 0 Å². The fraction of sp³-hybridized carbons (Fsp3) is 0.333. The molecule has 1 atom stereocenters. The first-order valence-electron chi connectivity index (χ1n) is 10.5. The van der Waals surface area contributed by atoms with Gasteiger partial charge in [0, 0.05) is 59.1 Å². The Morgan fingerprint density at radius 3 is 2.30 bits per heavy atom. The number of hydrogen-bond acceptors (Lipinski definition) is 6. The normalized spacial score (nSPS) is 18.6. The van der Waals surface area contributed by atoms with Gasteiger partial charge in [0.2, 0.25) is 0 Å². The molecule has 6 nitrogen and oxygen atoms in total. The third-order valence-electron chi connectivity index (χ3n) is 5.59. The monoisotopic (exact) mass is 490 g/mol. The molecular weight excluding hydrogens is 463 g/mol. The SMILES string of the molecule is CSc1ccc2c(c1)C(N1CCN(C)CC1)Cc1ccc(F)cc1S2.O=C(O)/C=C/C(=O)O. The fourth-order valence-corrected chi connectivity index (χ4v) is 5.43. The number of carboxylic acid groups (broad SMARTS) is 2. The molecule has 0 aromatic heterocycles. The van der Waals surface area contributed by atoms with Gasteiger partial charge in [0.15, 0.2) is 0 Å². The summed E-state index contributed by atoms with van der Waals surface area (Å²) in [6.07, 6.45) is 4.20. The molecule has 2 aliphatic rings. The Balaban J connectivity index is 0.000000331. The van der Waals surface area contributed by atoms with E-state index in [0.29, 0.717) is 18.2 Å². The number of benzene rings is 2. The molecule has 0 saturated carbocycles. The Morgan fingerprint density at radius 2 is 1.70 bits per heavy atom. The summed E-state index contributed by atoms with van der Waals surface area (Å²) in [4.78, 5) is 27.7. The van der Waals surface area contributed by atoms with Crippen molar-refractivity contribution < 1.29 is 24.2 Å². The molecule has 1 unspecified atom stereocenters. The highest BCUT2D eigenvalue weighted by Crippen LogP contribution is 2.44. The van der Waals surface area contributed by atoms with Crippen LogP contribution in [0.5, 0.6) is 0 Å². The van der Waals surface area contributed by atoms with Gasteiger partial charge in [-0.1, -0.05) is 17.8 Å². The van der Waals surface area contributed by atoms with E-state index >= 15 is 0 Å². The van der Waals surface area contributed by atoms with E-state index in [0.717, 1.165) is 37.5 Å². The standard InChI is InChI=1S/C20H23FN2S2.C4H4O4/c1-22-7-9-23(10-8-22)18-11-14-3-4-15(21)12-20(14)25-19-6-5-16(24-2)13-17(18)19;5-3(6)1-2-4(7)8/h3-6,12-13,18H,7-11H2,1-2H3;1-2H,(H,5,6)(H,7,8)/b;2-1+. The van der Waals surface area contributed by atoms with Crippen molar-refractivity contribution in [3.8, 4) is 0 Å². The Morgan fingerprint density at radius 1 is 1.03 bits per heavy atom. The molecule has 0 spiro atoms. The third kappa shape index (κ3) is 7.07. The number of piperazine rings is 1. The second kappa shape index (κ2) is 11.7. The number of nitrogens with zero attached hydrogens (tertiary/aromatic N) is 2. The van der Waals surface area contributed by atoms with Gasteiger partial charge in [0.1, 0.15) is 5.82 Å². The maximum atomic E-state index is 13.8. The van der Waals surface area contributed by atoms with Gasteiger partial charge in [-0.15, -0.1) is 11.8 Å². The second-order valence-electron chi connectivity index (χ2n) is 7.83. The van der Waals surface area contributed by atoms with Crippen LogP contribution in [0.15, 0.2) is 63.2 Å². The molecule has 2 N–H and O–H groups in total. The van der Waals surface area contributed by atoms with Crippen LogP contribution in [0.3, 0.4) is 0 Å². The average Bonchev–Trinajstić information content (AvgIpc) is 2.94. The maximum Gasteiger partial charge on any atom is 0.328 e. The molecule has 4 rings (SSSR count). The van der Waals surface area contributed by atoms with E-state index in [1.807, 2.05) is 6.07 Å². The van der Waals surface area contributed by atoms with Gasteiger partial charge in [-0.05, 0) is 61.2 Å². The summed E-state index contributed by atoms with van der Waals surface area (Å²) in [6.45, 7) is 4.39. The molecular formula is C24H27FN2O4S2. The van der Waals surface area contributed by atoms with Crippen LogP contribution in [0.2, 0.25) is 0 Å². The van der Waals surface area contributed by atoms with Crippen molar-refractivity contribution in [2.75, 3.05) is 39.5 Å². The number of carbonyl (C=O) groups is 2. The zero-order valence-corrected chi connectivity index (χ0v) is 20.2. The van der Waals surface area contributed by atoms with Gasteiger partial charge in [-0.25, -0.2) is 14.0 Å². The van der Waals surface area contributed by atoms with Crippen molar-refractivity contribution >= 4 is 35.5 Å². The predicted molar refractivity (Wildman–Crippen MR) is 129 cm³/mol. The summed E-state index contributed by atoms with van der Waals surface area (Å²) >= 11 is 3.51. The van der Waals surface area contributed by atoms with Crippen molar-refractivity contribution in [3.63, 3.8) is 0 Å². The summed E-state index contributed by atoms with van der Waals surface area (Å²) in [5.74, 6) is -2.66. The van der Waals surface area contributed by atoms with E-state index < -0.39 is 11.9 Å². The van der Waals surface area contributed by atoms with Crippen molar-refractivity contribution in [2.24, 2.45) is 0 Å². The van der Waals surface area contributed by atoms with Gasteiger partial charge in [0.25, 0.3) is 0 Å². The van der Waals surface area contributed by atoms with Crippen molar-refractivity contribution in [3.05, 3.63) is 65.5 Å². The van der Waals surface area contributed by atoms with E-state index in [1.54, 1.807) is 35.7 Å². The number of rotatable bonds is 4. The lowest BCUT2D eigenvalue weighted by atomic mass is 9.96. The van der Waals surface area contributed by atoms with Crippen LogP contribution in [-0.4, -0.2) is 71.4 Å². The lowest BCUT2D eigenvalue weighted by Gasteiger charge is -2.38. The van der Waals surface area contributed by atoms with Crippen LogP contribution in [0.25, 0.3) is 0 Å². The fourth-order valence-electron chi connectivity index (χ4n) is 3.84. The minimum atomic E-state index is -1.26. The molecule has 176 valence electrons. The number of thioether (sulfide) groups is 1. The third-order valence-corrected chi connectivity index (χ3v) is 7.50. The smallest absolute Gasteiger partial charge is 0.328 e. The van der Waals surface area contributed by atoms with Crippen LogP contribution in [0.1, 0.15) is 17.2 Å². The minimum Gasteiger partial charge on any atom is -0.478 e. The number of fused-ring (bicyclic) bond motifs is 2. The van der Waals surface area contributed by atoms with Gasteiger partial charge in [-0.3, -0.25) is 4.90 Å². The highest BCUT2D eigenvalue weighted by atomic mass is 32.2. The van der Waals surface area contributed by atoms with Crippen LogP contribution >= 0.6 is 23.5 Å². The average molecular weight is 491 g/mol. The van der Waals surface area contributed by atoms with Gasteiger partial charge >= 0.3 is 11.9 Å². The summed E-state index contributed by atoms with van der Waals surface area (Å²) in [7, 11) is 2.19. The van der Waals surface area contributed by atoms with E-state index in [2.05, 4.69) is 41.3 Å². The Bertz CT molecular complexity index is 1020. The summed E-state index contributed by atoms with van der Waals surface area (Å²) < 4.78 is 13.8. The Labute approximate surface area is 201 Å². The first-order chi connectivity index (χ1) is 15.8. The van der Waals surface area contributed by atoms with Crippen LogP contribution < -0.4 is 0 Å². The highest BCUT2D eigenvalue weighted by molar-refractivity contribution is 7.99. The van der Waals surface area contributed by atoms with Crippen LogP contribution in [0.4, 0.5) is 4.39 Å². The molecule has 1 fully saturated rings. The number of aliphatic carboxylic acids is 2. The lowest BCUT2D eigenvalue weighted by molar-refractivity contribution is -0.134. The molecule has 1 saturated heterocycles. The first kappa shape index (κ1) is 25.3. The van der Waals surface area contributed by atoms with E-state index in [9.17, 15) is 14.0 Å². The Kier molecular flexibility index (Phi) is 8.96. The zero-order valence-electron chi connectivity index (χ0n) is 18.5. The lowest BCUT2D eigenvalue weighted by Crippen LogP contribution is -2.46.